The number of piperidine rings is 2. The lowest BCUT2D eigenvalue weighted by Gasteiger charge is -2.55. The Morgan fingerprint density at radius 3 is 1.72 bits per heavy atom. The summed E-state index contributed by atoms with van der Waals surface area (Å²) in [5.74, 6) is -6.34. The van der Waals surface area contributed by atoms with Crippen LogP contribution in [0.4, 0.5) is 8.78 Å². The van der Waals surface area contributed by atoms with Crippen LogP contribution in [-0.4, -0.2) is 99.5 Å². The van der Waals surface area contributed by atoms with E-state index < -0.39 is 56.0 Å². The van der Waals surface area contributed by atoms with Gasteiger partial charge in [0.25, 0.3) is 0 Å². The lowest BCUT2D eigenvalue weighted by molar-refractivity contribution is -0.561. The molecular weight excluding hydrogens is 827 g/mol. The third kappa shape index (κ3) is 6.86. The van der Waals surface area contributed by atoms with Crippen LogP contribution in [0.15, 0.2) is 90.1 Å². The second-order valence-corrected chi connectivity index (χ2v) is 20.1. The molecule has 14 heteroatoms. The zero-order valence-corrected chi connectivity index (χ0v) is 37.9. The number of aliphatic hydroxyl groups is 1. The Kier molecular flexibility index (Phi) is 11.0. The molecular formula is C50H57F2N2O10+. The summed E-state index contributed by atoms with van der Waals surface area (Å²) < 4.78 is 36.5. The molecule has 0 bridgehead atoms. The van der Waals surface area contributed by atoms with Crippen LogP contribution in [0.1, 0.15) is 92.2 Å². The summed E-state index contributed by atoms with van der Waals surface area (Å²) in [5, 5.41) is 11.6. The number of halogens is 2. The fourth-order valence-corrected chi connectivity index (χ4v) is 10.6. The van der Waals surface area contributed by atoms with E-state index in [0.717, 1.165) is 22.5 Å². The lowest BCUT2D eigenvalue weighted by atomic mass is 9.57. The van der Waals surface area contributed by atoms with Crippen molar-refractivity contribution in [3.63, 3.8) is 0 Å². The standard InChI is InChI=1S/C50H57F2N2O10/c1-43(2)39(55)35-29-47(61-63-49(35,59)45(5,6)41(43)57)21-25-53(26-22-47)37(31-13-17-33(51)18-14-31)11-10-12-38(32-15-19-34(52)20-16-32)54-27-23-48(24-28-54)30-36-40(56)44(3,4)42(58)46(7,8)50(36,60-9)64-62-48/h10-20,29-30,59H,21-28H2,1-9H3/q+1. The fourth-order valence-electron chi connectivity index (χ4n) is 10.6. The number of Topliss-reactive ketones (excluding diaryl/α,β-unsaturated/α-hetero) is 4. The van der Waals surface area contributed by atoms with Gasteiger partial charge in [-0.15, -0.1) is 0 Å². The fraction of sp³-hybridized carbons (Fsp3) is 0.500. The summed E-state index contributed by atoms with van der Waals surface area (Å²) in [5.41, 5.74) is -4.00. The molecule has 2 spiro atoms. The van der Waals surface area contributed by atoms with E-state index in [4.69, 9.17) is 24.3 Å². The molecule has 2 aliphatic carbocycles. The maximum absolute atomic E-state index is 14.3. The molecule has 0 amide bonds. The smallest absolute Gasteiger partial charge is 0.242 e. The monoisotopic (exact) mass is 883 g/mol. The number of likely N-dealkylation sites (tertiary alicyclic amines) is 1. The molecule has 4 fully saturated rings. The van der Waals surface area contributed by atoms with Gasteiger partial charge in [-0.25, -0.2) is 23.1 Å². The van der Waals surface area contributed by atoms with Crippen molar-refractivity contribution in [1.29, 1.82) is 0 Å². The van der Waals surface area contributed by atoms with Crippen molar-refractivity contribution in [2.24, 2.45) is 21.7 Å². The first-order valence-corrected chi connectivity index (χ1v) is 21.8. The van der Waals surface area contributed by atoms with Gasteiger partial charge in [-0.3, -0.25) is 19.2 Å². The molecule has 2 saturated heterocycles. The minimum atomic E-state index is -2.24. The highest BCUT2D eigenvalue weighted by molar-refractivity contribution is 6.20. The van der Waals surface area contributed by atoms with Crippen molar-refractivity contribution >= 4 is 34.5 Å². The van der Waals surface area contributed by atoms with E-state index in [0.29, 0.717) is 51.9 Å². The molecule has 2 aromatic rings. The summed E-state index contributed by atoms with van der Waals surface area (Å²) in [4.78, 5) is 80.5. The average Bonchev–Trinajstić information content (AvgIpc) is 3.27. The quantitative estimate of drug-likeness (QED) is 0.140. The van der Waals surface area contributed by atoms with E-state index in [2.05, 4.69) is 9.48 Å². The Bertz CT molecular complexity index is 2460. The minimum Gasteiger partial charge on any atom is -0.371 e. The summed E-state index contributed by atoms with van der Waals surface area (Å²) in [6.07, 6.45) is 10.8. The van der Waals surface area contributed by atoms with Gasteiger partial charge in [-0.05, 0) is 128 Å². The molecule has 64 heavy (non-hydrogen) atoms. The molecule has 340 valence electrons. The van der Waals surface area contributed by atoms with Crippen LogP contribution in [0, 0.1) is 33.3 Å². The number of fused-ring (bicyclic) bond motifs is 2. The molecule has 1 N–H and O–H groups in total. The van der Waals surface area contributed by atoms with Crippen molar-refractivity contribution < 1.29 is 61.9 Å². The molecule has 4 heterocycles. The van der Waals surface area contributed by atoms with Crippen LogP contribution < -0.4 is 0 Å². The number of benzene rings is 2. The summed E-state index contributed by atoms with van der Waals surface area (Å²) >= 11 is 0. The molecule has 6 aliphatic rings. The molecule has 0 radical (unpaired) electrons. The number of nitrogens with zero attached hydrogens (tertiary/aromatic N) is 2. The van der Waals surface area contributed by atoms with Gasteiger partial charge >= 0.3 is 0 Å². The van der Waals surface area contributed by atoms with Gasteiger partial charge in [0.15, 0.2) is 23.1 Å². The number of ketones is 4. The Labute approximate surface area is 372 Å². The molecule has 2 atom stereocenters. The number of ether oxygens (including phenoxy) is 1. The van der Waals surface area contributed by atoms with Crippen molar-refractivity contribution in [2.75, 3.05) is 33.3 Å². The highest BCUT2D eigenvalue weighted by Gasteiger charge is 2.70. The number of carbonyl (C=O) groups excluding carboxylic acids is 4. The first-order valence-electron chi connectivity index (χ1n) is 21.8. The molecule has 2 aromatic carbocycles. The predicted octanol–water partition coefficient (Wildman–Crippen LogP) is 6.95. The van der Waals surface area contributed by atoms with Gasteiger partial charge in [0.1, 0.15) is 35.9 Å². The van der Waals surface area contributed by atoms with Crippen molar-refractivity contribution in [3.8, 4) is 0 Å². The van der Waals surface area contributed by atoms with Gasteiger partial charge in [-0.2, -0.15) is 9.78 Å². The molecule has 2 saturated carbocycles. The number of hydrogen-bond donors (Lipinski definition) is 1. The van der Waals surface area contributed by atoms with E-state index in [1.165, 1.54) is 31.4 Å². The van der Waals surface area contributed by atoms with Crippen molar-refractivity contribution in [1.82, 2.24) is 4.90 Å². The van der Waals surface area contributed by atoms with E-state index in [1.54, 1.807) is 91.8 Å². The molecule has 4 aliphatic heterocycles. The number of carbonyl (C=O) groups is 4. The topological polar surface area (TPSA) is 141 Å². The Morgan fingerprint density at radius 2 is 1.16 bits per heavy atom. The predicted molar refractivity (Wildman–Crippen MR) is 230 cm³/mol. The van der Waals surface area contributed by atoms with Crippen LogP contribution in [-0.2, 0) is 43.5 Å². The van der Waals surface area contributed by atoms with E-state index in [9.17, 15) is 33.1 Å². The van der Waals surface area contributed by atoms with Gasteiger partial charge in [0.05, 0.1) is 32.8 Å². The second-order valence-electron chi connectivity index (χ2n) is 20.1. The SMILES string of the molecule is COC12OOC3(C=C1C(=O)C(C)(C)C(=O)C2(C)C)CCN(/C(=C/C=C/C(c1ccc(F)cc1)=[N+]1CCC2(C=C4C(=O)C(C)(C)C(=O)C(C)(C)C4(O)OO2)CC1)c1ccc(F)cc1)CC3. The highest BCUT2D eigenvalue weighted by atomic mass is 19.1. The zero-order chi connectivity index (χ0) is 46.5. The molecule has 2 unspecified atom stereocenters. The Balaban J connectivity index is 1.09. The zero-order valence-electron chi connectivity index (χ0n) is 37.9. The van der Waals surface area contributed by atoms with Crippen molar-refractivity contribution in [3.05, 3.63) is 113 Å². The van der Waals surface area contributed by atoms with E-state index in [1.807, 2.05) is 18.2 Å². The first kappa shape index (κ1) is 45.7. The van der Waals surface area contributed by atoms with Gasteiger partial charge in [0.2, 0.25) is 17.3 Å². The van der Waals surface area contributed by atoms with Crippen LogP contribution in [0.5, 0.6) is 0 Å². The minimum absolute atomic E-state index is 0.0145. The maximum atomic E-state index is 14.3. The Morgan fingerprint density at radius 1 is 0.672 bits per heavy atom. The second kappa shape index (κ2) is 15.4. The highest BCUT2D eigenvalue weighted by Crippen LogP contribution is 2.56. The van der Waals surface area contributed by atoms with Crippen LogP contribution in [0.3, 0.4) is 0 Å². The van der Waals surface area contributed by atoms with Crippen LogP contribution >= 0.6 is 0 Å². The van der Waals surface area contributed by atoms with Gasteiger partial charge in [-0.1, -0.05) is 6.08 Å². The maximum Gasteiger partial charge on any atom is 0.242 e. The molecule has 12 nitrogen and oxygen atoms in total. The van der Waals surface area contributed by atoms with Crippen LogP contribution in [0.25, 0.3) is 5.70 Å². The Hall–Kier alpha value is -4.83. The number of hydrogen-bond acceptors (Lipinski definition) is 11. The average molecular weight is 884 g/mol. The van der Waals surface area contributed by atoms with Gasteiger partial charge < -0.3 is 14.7 Å². The summed E-state index contributed by atoms with van der Waals surface area (Å²) in [6.45, 7) is 14.7. The molecule has 8 rings (SSSR count). The summed E-state index contributed by atoms with van der Waals surface area (Å²) in [6, 6.07) is 12.4. The van der Waals surface area contributed by atoms with Gasteiger partial charge in [0, 0.05) is 63.2 Å². The number of methoxy groups -OCH3 is 1. The lowest BCUT2D eigenvalue weighted by Crippen LogP contribution is -2.68. The third-order valence-electron chi connectivity index (χ3n) is 14.7. The van der Waals surface area contributed by atoms with E-state index in [-0.39, 0.29) is 34.3 Å². The third-order valence-corrected chi connectivity index (χ3v) is 14.7. The number of allylic oxidation sites excluding steroid dienone is 3. The molecule has 0 aromatic heterocycles. The normalized spacial score (nSPS) is 30.6. The largest absolute Gasteiger partial charge is 0.371 e. The first-order chi connectivity index (χ1) is 29.9. The van der Waals surface area contributed by atoms with Crippen molar-refractivity contribution in [2.45, 2.75) is 104 Å². The summed E-state index contributed by atoms with van der Waals surface area (Å²) in [7, 11) is 1.40. The van der Waals surface area contributed by atoms with Crippen LogP contribution in [0.2, 0.25) is 0 Å². The number of rotatable bonds is 6. The van der Waals surface area contributed by atoms with E-state index >= 15 is 0 Å².